The van der Waals surface area contributed by atoms with Crippen LogP contribution in [0.3, 0.4) is 0 Å². The van der Waals surface area contributed by atoms with Crippen molar-refractivity contribution in [1.82, 2.24) is 15.3 Å². The Balaban J connectivity index is 1.83. The standard InChI is InChI=1S/C35H39F9N6O5/c1-5-50(31(53)47-27(29(51)52)20-55-32(2,3)4)28-7-6-23(33(36,37)38)14-22(28)19-49(30-45-16-26(17-46-30)48-8-10-54-11-9-48)18-21-12-24(34(39,40)41)15-25(13-21)35(42,43)44/h6-7,12-17,27H,5,8-11,18-20H2,1-4H3,(H,47,53)(H,51,52). The lowest BCUT2D eigenvalue weighted by molar-refractivity contribution is -0.144. The Morgan fingerprint density at radius 1 is 0.873 bits per heavy atom. The minimum absolute atomic E-state index is 0.0545. The number of carbonyl (C=O) groups is 2. The molecule has 0 bridgehead atoms. The lowest BCUT2D eigenvalue weighted by Crippen LogP contribution is -2.51. The van der Waals surface area contributed by atoms with Crippen molar-refractivity contribution in [3.8, 4) is 0 Å². The number of carboxylic acids is 1. The van der Waals surface area contributed by atoms with E-state index in [4.69, 9.17) is 9.47 Å². The Morgan fingerprint density at radius 2 is 1.44 bits per heavy atom. The second-order valence-corrected chi connectivity index (χ2v) is 13.5. The molecule has 0 radical (unpaired) electrons. The number of benzene rings is 2. The van der Waals surface area contributed by atoms with E-state index in [-0.39, 0.29) is 29.8 Å². The molecule has 2 heterocycles. The number of rotatable bonds is 12. The van der Waals surface area contributed by atoms with E-state index in [2.05, 4.69) is 15.3 Å². The molecule has 2 aromatic carbocycles. The van der Waals surface area contributed by atoms with Gasteiger partial charge in [0, 0.05) is 32.7 Å². The van der Waals surface area contributed by atoms with E-state index in [1.165, 1.54) is 19.3 Å². The Bertz CT molecular complexity index is 1760. The van der Waals surface area contributed by atoms with Gasteiger partial charge in [-0.2, -0.15) is 39.5 Å². The maximum Gasteiger partial charge on any atom is 0.416 e. The highest BCUT2D eigenvalue weighted by Crippen LogP contribution is 2.38. The number of urea groups is 1. The van der Waals surface area contributed by atoms with Gasteiger partial charge in [-0.15, -0.1) is 0 Å². The lowest BCUT2D eigenvalue weighted by Gasteiger charge is -2.31. The number of carbonyl (C=O) groups excluding carboxylic acids is 1. The van der Waals surface area contributed by atoms with Crippen LogP contribution in [0.2, 0.25) is 0 Å². The van der Waals surface area contributed by atoms with Crippen molar-refractivity contribution in [2.75, 3.05) is 54.2 Å². The van der Waals surface area contributed by atoms with Gasteiger partial charge in [-0.3, -0.25) is 4.90 Å². The second kappa shape index (κ2) is 16.9. The van der Waals surface area contributed by atoms with Crippen LogP contribution in [0.15, 0.2) is 48.8 Å². The highest BCUT2D eigenvalue weighted by Gasteiger charge is 2.38. The molecule has 1 atom stereocenters. The number of anilines is 3. The molecule has 11 nitrogen and oxygen atoms in total. The number of hydrogen-bond donors (Lipinski definition) is 2. The van der Waals surface area contributed by atoms with Crippen LogP contribution in [-0.2, 0) is 45.9 Å². The first kappa shape index (κ1) is 42.9. The number of alkyl halides is 9. The van der Waals surface area contributed by atoms with Crippen LogP contribution >= 0.6 is 0 Å². The Kier molecular flexibility index (Phi) is 13.2. The maximum atomic E-state index is 14.1. The number of ether oxygens (including phenoxy) is 2. The first-order valence-electron chi connectivity index (χ1n) is 16.8. The van der Waals surface area contributed by atoms with Gasteiger partial charge in [0.15, 0.2) is 6.04 Å². The summed E-state index contributed by atoms with van der Waals surface area (Å²) in [6.07, 6.45) is -12.6. The quantitative estimate of drug-likeness (QED) is 0.181. The highest BCUT2D eigenvalue weighted by molar-refractivity contribution is 5.95. The number of morpholine rings is 1. The van der Waals surface area contributed by atoms with Crippen LogP contribution in [0.25, 0.3) is 0 Å². The van der Waals surface area contributed by atoms with Crippen LogP contribution in [-0.4, -0.2) is 78.2 Å². The van der Waals surface area contributed by atoms with Gasteiger partial charge in [-0.05, 0) is 75.2 Å². The average Bonchev–Trinajstić information content (AvgIpc) is 3.09. The topological polar surface area (TPSA) is 120 Å². The van der Waals surface area contributed by atoms with Gasteiger partial charge >= 0.3 is 30.5 Å². The fourth-order valence-electron chi connectivity index (χ4n) is 5.51. The minimum Gasteiger partial charge on any atom is -0.480 e. The van der Waals surface area contributed by atoms with Gasteiger partial charge < -0.3 is 29.7 Å². The number of nitrogens with one attached hydrogen (secondary N) is 1. The first-order chi connectivity index (χ1) is 25.5. The number of hydrogen-bond acceptors (Lipinski definition) is 8. The third-order valence-electron chi connectivity index (χ3n) is 8.20. The van der Waals surface area contributed by atoms with E-state index in [1.54, 1.807) is 20.8 Å². The van der Waals surface area contributed by atoms with Crippen LogP contribution in [0.5, 0.6) is 0 Å². The van der Waals surface area contributed by atoms with Gasteiger partial charge in [-0.25, -0.2) is 19.6 Å². The van der Waals surface area contributed by atoms with Crippen LogP contribution < -0.4 is 20.0 Å². The van der Waals surface area contributed by atoms with Crippen molar-refractivity contribution in [1.29, 1.82) is 0 Å². The summed E-state index contributed by atoms with van der Waals surface area (Å²) in [5, 5.41) is 12.0. The van der Waals surface area contributed by atoms with Crippen molar-refractivity contribution >= 4 is 29.3 Å². The molecular weight excluding hydrogens is 755 g/mol. The monoisotopic (exact) mass is 794 g/mol. The zero-order chi connectivity index (χ0) is 40.9. The molecule has 2 amide bonds. The average molecular weight is 795 g/mol. The summed E-state index contributed by atoms with van der Waals surface area (Å²) in [5.74, 6) is -1.74. The number of amides is 2. The summed E-state index contributed by atoms with van der Waals surface area (Å²) in [6.45, 7) is 5.98. The van der Waals surface area contributed by atoms with E-state index in [1.807, 2.05) is 4.90 Å². The predicted molar refractivity (Wildman–Crippen MR) is 182 cm³/mol. The van der Waals surface area contributed by atoms with Gasteiger partial charge in [0.2, 0.25) is 5.95 Å². The molecule has 2 N–H and O–H groups in total. The smallest absolute Gasteiger partial charge is 0.416 e. The zero-order valence-electron chi connectivity index (χ0n) is 30.1. The first-order valence-corrected chi connectivity index (χ1v) is 16.8. The Labute approximate surface area is 310 Å². The highest BCUT2D eigenvalue weighted by atomic mass is 19.4. The predicted octanol–water partition coefficient (Wildman–Crippen LogP) is 7.38. The molecule has 1 saturated heterocycles. The second-order valence-electron chi connectivity index (χ2n) is 13.5. The number of carboxylic acid groups (broad SMARTS) is 1. The summed E-state index contributed by atoms with van der Waals surface area (Å²) in [7, 11) is 0. The van der Waals surface area contributed by atoms with Gasteiger partial charge in [0.25, 0.3) is 0 Å². The molecule has 0 aliphatic carbocycles. The number of nitrogens with zero attached hydrogens (tertiary/aromatic N) is 5. The van der Waals surface area contributed by atoms with E-state index >= 15 is 0 Å². The molecule has 1 fully saturated rings. The third-order valence-corrected chi connectivity index (χ3v) is 8.20. The molecule has 0 saturated carbocycles. The van der Waals surface area contributed by atoms with Crippen molar-refractivity contribution in [2.24, 2.45) is 0 Å². The Morgan fingerprint density at radius 3 is 1.93 bits per heavy atom. The zero-order valence-corrected chi connectivity index (χ0v) is 30.1. The molecule has 4 rings (SSSR count). The summed E-state index contributed by atoms with van der Waals surface area (Å²) >= 11 is 0. The van der Waals surface area contributed by atoms with Crippen molar-refractivity contribution < 1.29 is 63.7 Å². The van der Waals surface area contributed by atoms with Gasteiger partial charge in [0.1, 0.15) is 0 Å². The van der Waals surface area contributed by atoms with E-state index in [0.29, 0.717) is 56.3 Å². The van der Waals surface area contributed by atoms with Gasteiger partial charge in [-0.1, -0.05) is 0 Å². The van der Waals surface area contributed by atoms with Crippen molar-refractivity contribution in [2.45, 2.75) is 71.0 Å². The lowest BCUT2D eigenvalue weighted by atomic mass is 10.0. The molecule has 3 aromatic rings. The molecule has 20 heteroatoms. The molecule has 1 aromatic heterocycles. The molecular formula is C35H39F9N6O5. The SMILES string of the molecule is CCN(C(=O)NC(COC(C)(C)C)C(=O)O)c1ccc(C(F)(F)F)cc1CN(Cc1cc(C(F)(F)F)cc(C(F)(F)F)c1)c1ncc(N2CCOCC2)cn1. The Hall–Kier alpha value is -4.85. The van der Waals surface area contributed by atoms with E-state index in [0.717, 1.165) is 15.9 Å². The number of aliphatic carboxylic acids is 1. The molecule has 55 heavy (non-hydrogen) atoms. The maximum absolute atomic E-state index is 14.1. The molecule has 1 aliphatic rings. The van der Waals surface area contributed by atoms with E-state index in [9.17, 15) is 54.2 Å². The molecule has 1 unspecified atom stereocenters. The van der Waals surface area contributed by atoms with Gasteiger partial charge in [0.05, 0.1) is 65.9 Å². The van der Waals surface area contributed by atoms with Crippen LogP contribution in [0.4, 0.5) is 61.6 Å². The fourth-order valence-corrected chi connectivity index (χ4v) is 5.51. The summed E-state index contributed by atoms with van der Waals surface area (Å²) in [5.41, 5.74) is -5.68. The van der Waals surface area contributed by atoms with Crippen molar-refractivity contribution in [3.63, 3.8) is 0 Å². The summed E-state index contributed by atoms with van der Waals surface area (Å²) in [6, 6.07) is 0.577. The summed E-state index contributed by atoms with van der Waals surface area (Å²) < 4.78 is 136. The molecule has 302 valence electrons. The normalized spacial score (nSPS) is 14.7. The fraction of sp³-hybridized carbons (Fsp3) is 0.486. The summed E-state index contributed by atoms with van der Waals surface area (Å²) in [4.78, 5) is 38.0. The van der Waals surface area contributed by atoms with E-state index < -0.39 is 84.1 Å². The third kappa shape index (κ3) is 11.8. The molecule has 1 aliphatic heterocycles. The minimum atomic E-state index is -5.19. The van der Waals surface area contributed by atoms with Crippen molar-refractivity contribution in [3.05, 3.63) is 76.6 Å². The van der Waals surface area contributed by atoms with Crippen LogP contribution in [0.1, 0.15) is 55.5 Å². The largest absolute Gasteiger partial charge is 0.480 e. The number of halogens is 9. The number of aromatic nitrogens is 2. The van der Waals surface area contributed by atoms with Crippen LogP contribution in [0, 0.1) is 0 Å². The molecule has 0 spiro atoms.